The Morgan fingerprint density at radius 3 is 2.96 bits per heavy atom. The number of aromatic nitrogens is 2. The van der Waals surface area contributed by atoms with Crippen LogP contribution in [0.5, 0.6) is 11.5 Å². The fourth-order valence-electron chi connectivity index (χ4n) is 2.21. The molecule has 0 spiro atoms. The lowest BCUT2D eigenvalue weighted by atomic mass is 10.2. The summed E-state index contributed by atoms with van der Waals surface area (Å²) in [4.78, 5) is 17.0. The lowest BCUT2D eigenvalue weighted by molar-refractivity contribution is 0.280. The molecule has 3 aromatic rings. The molecule has 0 atom stereocenters. The molecule has 118 valence electrons. The molecule has 0 aliphatic carbocycles. The maximum absolute atomic E-state index is 12.0. The minimum absolute atomic E-state index is 0.106. The lowest BCUT2D eigenvalue weighted by Gasteiger charge is -2.11. The fourth-order valence-corrected chi connectivity index (χ4v) is 2.95. The van der Waals surface area contributed by atoms with Crippen molar-refractivity contribution in [1.29, 1.82) is 0 Å². The minimum Gasteiger partial charge on any atom is -0.493 e. The first-order valence-electron chi connectivity index (χ1n) is 7.10. The average Bonchev–Trinajstić information content (AvgIpc) is 3.03. The maximum Gasteiger partial charge on any atom is 0.258 e. The van der Waals surface area contributed by atoms with Crippen LogP contribution in [0.1, 0.15) is 18.2 Å². The zero-order chi connectivity index (χ0) is 16.2. The summed E-state index contributed by atoms with van der Waals surface area (Å²) in [5.41, 5.74) is 1.52. The van der Waals surface area contributed by atoms with Crippen LogP contribution < -0.4 is 15.0 Å². The Morgan fingerprint density at radius 1 is 1.30 bits per heavy atom. The van der Waals surface area contributed by atoms with Crippen molar-refractivity contribution in [3.63, 3.8) is 0 Å². The summed E-state index contributed by atoms with van der Waals surface area (Å²) < 4.78 is 12.6. The van der Waals surface area contributed by atoms with Gasteiger partial charge in [0.2, 0.25) is 0 Å². The summed E-state index contributed by atoms with van der Waals surface area (Å²) in [6.07, 6.45) is 5.66. The second-order valence-corrected chi connectivity index (χ2v) is 5.71. The average molecular weight is 328 g/mol. The number of benzene rings is 1. The lowest BCUT2D eigenvalue weighted by Crippen LogP contribution is -2.14. The van der Waals surface area contributed by atoms with Gasteiger partial charge in [-0.25, -0.2) is 4.98 Å². The van der Waals surface area contributed by atoms with Crippen LogP contribution in [0.4, 0.5) is 0 Å². The number of hydrogen-bond donors (Lipinski definition) is 0. The summed E-state index contributed by atoms with van der Waals surface area (Å²) in [6, 6.07) is 7.19. The summed E-state index contributed by atoms with van der Waals surface area (Å²) in [5, 5.41) is 1.83. The molecule has 0 fully saturated rings. The first-order chi connectivity index (χ1) is 11.2. The number of nitrogens with zero attached hydrogens (tertiary/aromatic N) is 2. The first kappa shape index (κ1) is 15.3. The highest BCUT2D eigenvalue weighted by Crippen LogP contribution is 2.29. The van der Waals surface area contributed by atoms with E-state index in [1.54, 1.807) is 13.3 Å². The van der Waals surface area contributed by atoms with Gasteiger partial charge >= 0.3 is 0 Å². The Morgan fingerprint density at radius 2 is 2.17 bits per heavy atom. The quantitative estimate of drug-likeness (QED) is 0.720. The van der Waals surface area contributed by atoms with Crippen LogP contribution in [-0.4, -0.2) is 16.5 Å². The first-order valence-corrected chi connectivity index (χ1v) is 7.98. The molecular formula is C17H16N2O3S. The van der Waals surface area contributed by atoms with Crippen molar-refractivity contribution in [2.45, 2.75) is 13.5 Å². The highest BCUT2D eigenvalue weighted by molar-refractivity contribution is 7.15. The van der Waals surface area contributed by atoms with Gasteiger partial charge in [0, 0.05) is 17.6 Å². The molecule has 0 aliphatic heterocycles. The van der Waals surface area contributed by atoms with E-state index >= 15 is 0 Å². The molecule has 0 unspecified atom stereocenters. The normalized spacial score (nSPS) is 11.2. The number of hydrogen-bond acceptors (Lipinski definition) is 5. The summed E-state index contributed by atoms with van der Waals surface area (Å²) in [7, 11) is 1.60. The van der Waals surface area contributed by atoms with Crippen molar-refractivity contribution in [2.24, 2.45) is 0 Å². The third-order valence-electron chi connectivity index (χ3n) is 3.28. The topological polar surface area (TPSA) is 52.8 Å². The van der Waals surface area contributed by atoms with Crippen molar-refractivity contribution in [3.05, 3.63) is 63.5 Å². The van der Waals surface area contributed by atoms with E-state index in [1.165, 1.54) is 21.8 Å². The number of fused-ring (bicyclic) bond motifs is 1. The highest BCUT2D eigenvalue weighted by Gasteiger charge is 2.08. The van der Waals surface area contributed by atoms with Gasteiger partial charge in [-0.05, 0) is 24.6 Å². The Balaban J connectivity index is 1.82. The van der Waals surface area contributed by atoms with E-state index in [0.29, 0.717) is 22.2 Å². The van der Waals surface area contributed by atoms with Gasteiger partial charge in [-0.2, -0.15) is 0 Å². The molecule has 0 radical (unpaired) electrons. The molecule has 0 N–H and O–H groups in total. The molecule has 3 rings (SSSR count). The Kier molecular flexibility index (Phi) is 4.43. The number of methoxy groups -OCH3 is 1. The molecule has 0 saturated heterocycles. The molecule has 2 aromatic heterocycles. The van der Waals surface area contributed by atoms with Crippen LogP contribution in [0.3, 0.4) is 0 Å². The zero-order valence-electron chi connectivity index (χ0n) is 12.9. The fraction of sp³-hybridized carbons (Fsp3) is 0.176. The van der Waals surface area contributed by atoms with Crippen LogP contribution >= 0.6 is 11.3 Å². The van der Waals surface area contributed by atoms with Gasteiger partial charge in [-0.3, -0.25) is 9.20 Å². The van der Waals surface area contributed by atoms with Gasteiger partial charge in [0.05, 0.1) is 12.8 Å². The van der Waals surface area contributed by atoms with E-state index in [0.717, 1.165) is 5.56 Å². The predicted molar refractivity (Wildman–Crippen MR) is 91.4 cm³/mol. The monoisotopic (exact) mass is 328 g/mol. The SMILES string of the molecule is CC=Cc1ccc(OCc2cc(=O)n3ccsc3n2)c(OC)c1. The number of rotatable bonds is 5. The highest BCUT2D eigenvalue weighted by atomic mass is 32.1. The van der Waals surface area contributed by atoms with E-state index < -0.39 is 0 Å². The second kappa shape index (κ2) is 6.66. The maximum atomic E-state index is 12.0. The van der Waals surface area contributed by atoms with Crippen LogP contribution in [-0.2, 0) is 6.61 Å². The third-order valence-corrected chi connectivity index (χ3v) is 4.04. The van der Waals surface area contributed by atoms with Crippen molar-refractivity contribution in [3.8, 4) is 11.5 Å². The van der Waals surface area contributed by atoms with Crippen LogP contribution in [0, 0.1) is 0 Å². The minimum atomic E-state index is -0.106. The molecule has 0 amide bonds. The Hall–Kier alpha value is -2.60. The van der Waals surface area contributed by atoms with Gasteiger partial charge < -0.3 is 9.47 Å². The standard InChI is InChI=1S/C17H16N2O3S/c1-3-4-12-5-6-14(15(9-12)21-2)22-11-13-10-16(20)19-7-8-23-17(19)18-13/h3-10H,11H2,1-2H3. The molecule has 2 heterocycles. The third kappa shape index (κ3) is 3.27. The van der Waals surface area contributed by atoms with Crippen LogP contribution in [0.25, 0.3) is 11.0 Å². The van der Waals surface area contributed by atoms with Gasteiger partial charge in [0.15, 0.2) is 16.5 Å². The molecule has 23 heavy (non-hydrogen) atoms. The van der Waals surface area contributed by atoms with Crippen LogP contribution in [0.15, 0.2) is 46.7 Å². The van der Waals surface area contributed by atoms with Crippen molar-refractivity contribution in [1.82, 2.24) is 9.38 Å². The molecule has 0 bridgehead atoms. The number of allylic oxidation sites excluding steroid dienone is 1. The zero-order valence-corrected chi connectivity index (χ0v) is 13.7. The van der Waals surface area contributed by atoms with Crippen molar-refractivity contribution >= 4 is 22.4 Å². The molecule has 1 aromatic carbocycles. The second-order valence-electron chi connectivity index (χ2n) is 4.84. The van der Waals surface area contributed by atoms with E-state index in [-0.39, 0.29) is 12.2 Å². The number of thiazole rings is 1. The van der Waals surface area contributed by atoms with Gasteiger partial charge in [-0.1, -0.05) is 18.2 Å². The van der Waals surface area contributed by atoms with Gasteiger partial charge in [-0.15, -0.1) is 11.3 Å². The van der Waals surface area contributed by atoms with Crippen LogP contribution in [0.2, 0.25) is 0 Å². The largest absolute Gasteiger partial charge is 0.493 e. The van der Waals surface area contributed by atoms with E-state index in [2.05, 4.69) is 4.98 Å². The summed E-state index contributed by atoms with van der Waals surface area (Å²) in [5.74, 6) is 1.27. The predicted octanol–water partition coefficient (Wildman–Crippen LogP) is 3.38. The van der Waals surface area contributed by atoms with Gasteiger partial charge in [0.1, 0.15) is 6.61 Å². The molecular weight excluding hydrogens is 312 g/mol. The van der Waals surface area contributed by atoms with Gasteiger partial charge in [0.25, 0.3) is 5.56 Å². The van der Waals surface area contributed by atoms with E-state index in [1.807, 2.05) is 42.7 Å². The summed E-state index contributed by atoms with van der Waals surface area (Å²) >= 11 is 1.42. The Bertz CT molecular complexity index is 912. The molecule has 5 nitrogen and oxygen atoms in total. The number of ether oxygens (including phenoxy) is 2. The van der Waals surface area contributed by atoms with E-state index in [4.69, 9.17) is 9.47 Å². The molecule has 6 heteroatoms. The summed E-state index contributed by atoms with van der Waals surface area (Å²) in [6.45, 7) is 2.17. The molecule has 0 aliphatic rings. The van der Waals surface area contributed by atoms with E-state index in [9.17, 15) is 4.79 Å². The van der Waals surface area contributed by atoms with Crippen molar-refractivity contribution in [2.75, 3.05) is 7.11 Å². The Labute approximate surface area is 137 Å². The smallest absolute Gasteiger partial charge is 0.258 e. The van der Waals surface area contributed by atoms with Crippen molar-refractivity contribution < 1.29 is 9.47 Å². The molecule has 0 saturated carbocycles.